The van der Waals surface area contributed by atoms with Gasteiger partial charge in [0.1, 0.15) is 0 Å². The van der Waals surface area contributed by atoms with Crippen LogP contribution in [-0.4, -0.2) is 47.4 Å². The van der Waals surface area contributed by atoms with Gasteiger partial charge in [0, 0.05) is 12.8 Å². The van der Waals surface area contributed by atoms with Crippen molar-refractivity contribution in [2.45, 2.75) is 424 Å². The van der Waals surface area contributed by atoms with Gasteiger partial charge in [-0.15, -0.1) is 0 Å². The molecule has 0 bridgehead atoms. The molecule has 2 unspecified atom stereocenters. The summed E-state index contributed by atoms with van der Waals surface area (Å²) in [6.45, 7) is 4.92. The van der Waals surface area contributed by atoms with E-state index in [-0.39, 0.29) is 18.5 Å². The number of allylic oxidation sites excluding steroid dienone is 7. The highest BCUT2D eigenvalue weighted by Gasteiger charge is 2.18. The number of esters is 1. The topological polar surface area (TPSA) is 95.9 Å². The monoisotopic (exact) mass is 1180 g/mol. The highest BCUT2D eigenvalue weighted by molar-refractivity contribution is 5.76. The summed E-state index contributed by atoms with van der Waals surface area (Å²) in [5, 5.41) is 23.3. The number of aliphatic hydroxyl groups excluding tert-OH is 2. The van der Waals surface area contributed by atoms with Crippen LogP contribution in [0.3, 0.4) is 0 Å². The van der Waals surface area contributed by atoms with Crippen molar-refractivity contribution in [1.82, 2.24) is 5.32 Å². The van der Waals surface area contributed by atoms with Gasteiger partial charge in [-0.05, 0) is 89.9 Å². The van der Waals surface area contributed by atoms with Crippen molar-refractivity contribution in [3.8, 4) is 0 Å². The van der Waals surface area contributed by atoms with Gasteiger partial charge < -0.3 is 20.3 Å². The molecule has 494 valence electrons. The fraction of sp³-hybridized carbons (Fsp3) is 0.872. The fourth-order valence-corrected chi connectivity index (χ4v) is 11.8. The van der Waals surface area contributed by atoms with E-state index in [1.54, 1.807) is 6.08 Å². The van der Waals surface area contributed by atoms with Crippen molar-refractivity contribution in [3.05, 3.63) is 48.6 Å². The predicted molar refractivity (Wildman–Crippen MR) is 370 cm³/mol. The third-order valence-electron chi connectivity index (χ3n) is 17.6. The van der Waals surface area contributed by atoms with Gasteiger partial charge in [-0.2, -0.15) is 0 Å². The molecule has 2 atom stereocenters. The summed E-state index contributed by atoms with van der Waals surface area (Å²) in [5.41, 5.74) is 0. The van der Waals surface area contributed by atoms with Crippen LogP contribution in [0.15, 0.2) is 48.6 Å². The lowest BCUT2D eigenvalue weighted by molar-refractivity contribution is -0.143. The number of amides is 1. The zero-order valence-corrected chi connectivity index (χ0v) is 56.6. The highest BCUT2D eigenvalue weighted by Crippen LogP contribution is 2.19. The molecule has 0 aromatic carbocycles. The van der Waals surface area contributed by atoms with Gasteiger partial charge in [0.05, 0.1) is 25.4 Å². The van der Waals surface area contributed by atoms with Gasteiger partial charge in [-0.3, -0.25) is 9.59 Å². The van der Waals surface area contributed by atoms with Crippen LogP contribution in [0.5, 0.6) is 0 Å². The molecule has 0 rings (SSSR count). The Labute approximate surface area is 525 Å². The molecule has 0 radical (unpaired) electrons. The van der Waals surface area contributed by atoms with Crippen molar-refractivity contribution < 1.29 is 24.5 Å². The minimum atomic E-state index is -0.845. The van der Waals surface area contributed by atoms with Crippen LogP contribution in [0.4, 0.5) is 0 Å². The Bertz CT molecular complexity index is 1400. The summed E-state index contributed by atoms with van der Waals surface area (Å²) in [4.78, 5) is 24.6. The SMILES string of the molecule is CCCCCC/C=C\CCCCCCCC(=O)OCCCCCCCCCCC/C=C\C/C=C\CCCCCCCCCCCCCCCCCCCC(=O)NC(CO)C(O)/C=C/CCCCCCCCCCCCCCCCCCCCC. The average Bonchev–Trinajstić information content (AvgIpc) is 3.51. The van der Waals surface area contributed by atoms with Crippen LogP contribution in [0.1, 0.15) is 412 Å². The van der Waals surface area contributed by atoms with Crippen LogP contribution in [0, 0.1) is 0 Å². The van der Waals surface area contributed by atoms with Gasteiger partial charge in [0.25, 0.3) is 0 Å². The standard InChI is InChI=1S/C78H147NO5/c1-3-5-7-9-11-13-15-17-18-19-20-34-37-40-43-47-50-54-58-62-66-70-76(81)75(74-80)79-77(82)71-67-63-59-55-51-48-44-41-38-35-32-30-28-26-24-22-21-23-25-27-29-31-33-36-39-42-45-49-53-57-61-65-69-73-84-78(83)72-68-64-60-56-52-46-16-14-12-10-8-6-4-2/h14,16,25,27,31,33,66,70,75-76,80-81H,3-13,15,17-24,26,28-30,32,34-65,67-69,71-74H2,1-2H3,(H,79,82)/b16-14-,27-25-,33-31-,70-66+. The van der Waals surface area contributed by atoms with E-state index < -0.39 is 12.1 Å². The summed E-state index contributed by atoms with van der Waals surface area (Å²) < 4.78 is 5.48. The van der Waals surface area contributed by atoms with Gasteiger partial charge >= 0.3 is 5.97 Å². The first-order valence-corrected chi connectivity index (χ1v) is 37.9. The summed E-state index contributed by atoms with van der Waals surface area (Å²) in [5.74, 6) is -0.0574. The van der Waals surface area contributed by atoms with Crippen LogP contribution in [0.2, 0.25) is 0 Å². The van der Waals surface area contributed by atoms with E-state index in [4.69, 9.17) is 4.74 Å². The number of rotatable bonds is 71. The van der Waals surface area contributed by atoms with Crippen LogP contribution in [0.25, 0.3) is 0 Å². The van der Waals surface area contributed by atoms with Crippen molar-refractivity contribution >= 4 is 11.9 Å². The first-order valence-electron chi connectivity index (χ1n) is 37.9. The van der Waals surface area contributed by atoms with E-state index in [1.807, 2.05) is 6.08 Å². The van der Waals surface area contributed by atoms with Crippen LogP contribution < -0.4 is 5.32 Å². The fourth-order valence-electron chi connectivity index (χ4n) is 11.8. The molecule has 0 aromatic rings. The Balaban J connectivity index is 3.41. The molecule has 0 aliphatic heterocycles. The molecule has 0 saturated carbocycles. The van der Waals surface area contributed by atoms with E-state index in [1.165, 1.54) is 334 Å². The first-order chi connectivity index (χ1) is 41.5. The summed E-state index contributed by atoms with van der Waals surface area (Å²) in [6, 6.07) is -0.628. The number of nitrogens with one attached hydrogen (secondary N) is 1. The zero-order valence-electron chi connectivity index (χ0n) is 56.6. The molecule has 3 N–H and O–H groups in total. The third kappa shape index (κ3) is 68.9. The molecule has 0 fully saturated rings. The predicted octanol–water partition coefficient (Wildman–Crippen LogP) is 24.8. The molecule has 6 nitrogen and oxygen atoms in total. The molecule has 0 spiro atoms. The molecule has 0 heterocycles. The van der Waals surface area contributed by atoms with E-state index in [0.29, 0.717) is 19.4 Å². The molecule has 0 aliphatic rings. The average molecular weight is 1180 g/mol. The number of hydrogen-bond donors (Lipinski definition) is 3. The van der Waals surface area contributed by atoms with Crippen molar-refractivity contribution in [2.75, 3.05) is 13.2 Å². The Kier molecular flexibility index (Phi) is 71.4. The zero-order chi connectivity index (χ0) is 60.6. The Hall–Kier alpha value is -2.18. The number of hydrogen-bond acceptors (Lipinski definition) is 5. The molecule has 1 amide bonds. The number of carbonyl (C=O) groups is 2. The van der Waals surface area contributed by atoms with E-state index in [0.717, 1.165) is 51.4 Å². The largest absolute Gasteiger partial charge is 0.466 e. The molecule has 0 aliphatic carbocycles. The molecular formula is C78H147NO5. The van der Waals surface area contributed by atoms with E-state index >= 15 is 0 Å². The summed E-state index contributed by atoms with van der Waals surface area (Å²) >= 11 is 0. The van der Waals surface area contributed by atoms with E-state index in [2.05, 4.69) is 55.6 Å². The lowest BCUT2D eigenvalue weighted by Gasteiger charge is -2.20. The number of unbranched alkanes of at least 4 members (excludes halogenated alkanes) is 54. The lowest BCUT2D eigenvalue weighted by Crippen LogP contribution is -2.45. The maximum absolute atomic E-state index is 12.5. The molecule has 84 heavy (non-hydrogen) atoms. The lowest BCUT2D eigenvalue weighted by atomic mass is 10.0. The number of ether oxygens (including phenoxy) is 1. The Morgan fingerprint density at radius 3 is 0.929 bits per heavy atom. The molecule has 6 heteroatoms. The number of aliphatic hydroxyl groups is 2. The molecule has 0 saturated heterocycles. The smallest absolute Gasteiger partial charge is 0.305 e. The maximum atomic E-state index is 12.5. The summed E-state index contributed by atoms with van der Waals surface area (Å²) in [6.07, 6.45) is 96.4. The first kappa shape index (κ1) is 81.8. The normalized spacial score (nSPS) is 12.8. The van der Waals surface area contributed by atoms with Crippen molar-refractivity contribution in [1.29, 1.82) is 0 Å². The van der Waals surface area contributed by atoms with Crippen molar-refractivity contribution in [2.24, 2.45) is 0 Å². The molecule has 0 aromatic heterocycles. The second-order valence-electron chi connectivity index (χ2n) is 26.0. The highest BCUT2D eigenvalue weighted by atomic mass is 16.5. The minimum Gasteiger partial charge on any atom is -0.466 e. The van der Waals surface area contributed by atoms with Crippen LogP contribution in [-0.2, 0) is 14.3 Å². The second kappa shape index (κ2) is 73.3. The Morgan fingerprint density at radius 1 is 0.333 bits per heavy atom. The number of carbonyl (C=O) groups excluding carboxylic acids is 2. The summed E-state index contributed by atoms with van der Waals surface area (Å²) in [7, 11) is 0. The van der Waals surface area contributed by atoms with Gasteiger partial charge in [0.2, 0.25) is 5.91 Å². The van der Waals surface area contributed by atoms with Crippen molar-refractivity contribution in [3.63, 3.8) is 0 Å². The maximum Gasteiger partial charge on any atom is 0.305 e. The quantitative estimate of drug-likeness (QED) is 0.0320. The van der Waals surface area contributed by atoms with Gasteiger partial charge in [0.15, 0.2) is 0 Å². The second-order valence-corrected chi connectivity index (χ2v) is 26.0. The van der Waals surface area contributed by atoms with E-state index in [9.17, 15) is 19.8 Å². The minimum absolute atomic E-state index is 0.00489. The molecular weight excluding hydrogens is 1030 g/mol. The van der Waals surface area contributed by atoms with Gasteiger partial charge in [-0.25, -0.2) is 0 Å². The third-order valence-corrected chi connectivity index (χ3v) is 17.6. The van der Waals surface area contributed by atoms with Gasteiger partial charge in [-0.1, -0.05) is 358 Å². The Morgan fingerprint density at radius 2 is 0.595 bits per heavy atom. The van der Waals surface area contributed by atoms with Crippen LogP contribution >= 0.6 is 0 Å².